The molecule has 1 amide bonds. The van der Waals surface area contributed by atoms with Gasteiger partial charge in [-0.25, -0.2) is 8.78 Å². The maximum absolute atomic E-state index is 13.2. The van der Waals surface area contributed by atoms with Crippen molar-refractivity contribution in [2.75, 3.05) is 0 Å². The molecule has 0 aromatic heterocycles. The highest BCUT2D eigenvalue weighted by molar-refractivity contribution is 9.10. The van der Waals surface area contributed by atoms with Gasteiger partial charge >= 0.3 is 0 Å². The zero-order chi connectivity index (χ0) is 15.4. The second-order valence-electron chi connectivity index (χ2n) is 4.83. The summed E-state index contributed by atoms with van der Waals surface area (Å²) in [6.07, 6.45) is 0.568. The Morgan fingerprint density at radius 2 is 1.76 bits per heavy atom. The number of nitrogens with one attached hydrogen (secondary N) is 1. The van der Waals surface area contributed by atoms with Gasteiger partial charge in [-0.3, -0.25) is 4.79 Å². The fourth-order valence-electron chi connectivity index (χ4n) is 2.00. The standard InChI is InChI=1S/C16H14BrF2NO/c1-10(8-11-2-4-12(18)5-3-11)20-16(21)14-9-13(19)6-7-15(14)17/h2-7,9-10H,8H2,1H3,(H,20,21). The Morgan fingerprint density at radius 3 is 2.43 bits per heavy atom. The fourth-order valence-corrected chi connectivity index (χ4v) is 2.42. The molecule has 0 heterocycles. The molecule has 5 heteroatoms. The third-order valence-corrected chi connectivity index (χ3v) is 3.70. The van der Waals surface area contributed by atoms with Gasteiger partial charge in [0.05, 0.1) is 5.56 Å². The van der Waals surface area contributed by atoms with Gasteiger partial charge in [-0.05, 0) is 65.2 Å². The summed E-state index contributed by atoms with van der Waals surface area (Å²) in [5.74, 6) is -1.11. The summed E-state index contributed by atoms with van der Waals surface area (Å²) in [5.41, 5.74) is 1.17. The first kappa shape index (κ1) is 15.6. The van der Waals surface area contributed by atoms with Crippen LogP contribution in [-0.2, 0) is 6.42 Å². The lowest BCUT2D eigenvalue weighted by Gasteiger charge is -2.15. The summed E-state index contributed by atoms with van der Waals surface area (Å²) in [5, 5.41) is 2.80. The lowest BCUT2D eigenvalue weighted by molar-refractivity contribution is 0.0939. The Balaban J connectivity index is 2.01. The summed E-state index contributed by atoms with van der Waals surface area (Å²) < 4.78 is 26.6. The Labute approximate surface area is 130 Å². The van der Waals surface area contributed by atoms with Crippen molar-refractivity contribution in [3.8, 4) is 0 Å². The number of hydrogen-bond donors (Lipinski definition) is 1. The van der Waals surface area contributed by atoms with Gasteiger partial charge in [0, 0.05) is 10.5 Å². The quantitative estimate of drug-likeness (QED) is 0.881. The van der Waals surface area contributed by atoms with Gasteiger partial charge < -0.3 is 5.32 Å². The zero-order valence-corrected chi connectivity index (χ0v) is 13.0. The molecule has 1 unspecified atom stereocenters. The molecule has 2 aromatic rings. The second-order valence-corrected chi connectivity index (χ2v) is 5.68. The number of halogens is 3. The highest BCUT2D eigenvalue weighted by Crippen LogP contribution is 2.18. The van der Waals surface area contributed by atoms with Crippen LogP contribution in [0.3, 0.4) is 0 Å². The molecule has 0 aliphatic heterocycles. The van der Waals surface area contributed by atoms with Crippen LogP contribution in [0.5, 0.6) is 0 Å². The third-order valence-electron chi connectivity index (χ3n) is 3.01. The maximum Gasteiger partial charge on any atom is 0.252 e. The van der Waals surface area contributed by atoms with E-state index in [1.165, 1.54) is 30.3 Å². The molecule has 2 aromatic carbocycles. The molecule has 2 nitrogen and oxygen atoms in total. The monoisotopic (exact) mass is 353 g/mol. The first-order valence-corrected chi connectivity index (χ1v) is 7.25. The van der Waals surface area contributed by atoms with Crippen molar-refractivity contribution >= 4 is 21.8 Å². The van der Waals surface area contributed by atoms with Gasteiger partial charge in [0.1, 0.15) is 11.6 Å². The number of benzene rings is 2. The van der Waals surface area contributed by atoms with Crippen LogP contribution >= 0.6 is 15.9 Å². The van der Waals surface area contributed by atoms with Crippen molar-refractivity contribution in [2.24, 2.45) is 0 Å². The molecule has 21 heavy (non-hydrogen) atoms. The molecule has 0 bridgehead atoms. The Morgan fingerprint density at radius 1 is 1.14 bits per heavy atom. The van der Waals surface area contributed by atoms with Crippen molar-refractivity contribution in [1.29, 1.82) is 0 Å². The van der Waals surface area contributed by atoms with Crippen molar-refractivity contribution in [1.82, 2.24) is 5.32 Å². The smallest absolute Gasteiger partial charge is 0.252 e. The van der Waals surface area contributed by atoms with E-state index in [0.717, 1.165) is 5.56 Å². The first-order chi connectivity index (χ1) is 9.95. The largest absolute Gasteiger partial charge is 0.349 e. The summed E-state index contributed by atoms with van der Waals surface area (Å²) in [7, 11) is 0. The van der Waals surface area contributed by atoms with Gasteiger partial charge in [-0.2, -0.15) is 0 Å². The van der Waals surface area contributed by atoms with E-state index >= 15 is 0 Å². The van der Waals surface area contributed by atoms with Crippen LogP contribution < -0.4 is 5.32 Å². The highest BCUT2D eigenvalue weighted by Gasteiger charge is 2.14. The van der Waals surface area contributed by atoms with Gasteiger partial charge in [-0.15, -0.1) is 0 Å². The molecule has 0 aliphatic carbocycles. The van der Waals surface area contributed by atoms with Gasteiger partial charge in [0.25, 0.3) is 5.91 Å². The molecule has 0 radical (unpaired) electrons. The van der Waals surface area contributed by atoms with E-state index in [1.54, 1.807) is 12.1 Å². The fraction of sp³-hybridized carbons (Fsp3) is 0.188. The number of carbonyl (C=O) groups excluding carboxylic acids is 1. The Hall–Kier alpha value is -1.75. The topological polar surface area (TPSA) is 29.1 Å². The van der Waals surface area contributed by atoms with Crippen LogP contribution in [0.2, 0.25) is 0 Å². The Kier molecular flexibility index (Phi) is 5.07. The second kappa shape index (κ2) is 6.80. The van der Waals surface area contributed by atoms with Crippen LogP contribution in [0.15, 0.2) is 46.9 Å². The number of rotatable bonds is 4. The molecule has 0 saturated carbocycles. The van der Waals surface area contributed by atoms with E-state index < -0.39 is 5.82 Å². The van der Waals surface area contributed by atoms with Crippen molar-refractivity contribution < 1.29 is 13.6 Å². The van der Waals surface area contributed by atoms with Crippen molar-refractivity contribution in [3.05, 3.63) is 69.7 Å². The van der Waals surface area contributed by atoms with E-state index in [2.05, 4.69) is 21.2 Å². The molecule has 2 rings (SSSR count). The lowest BCUT2D eigenvalue weighted by atomic mass is 10.1. The van der Waals surface area contributed by atoms with Crippen LogP contribution in [0, 0.1) is 11.6 Å². The van der Waals surface area contributed by atoms with Crippen molar-refractivity contribution in [2.45, 2.75) is 19.4 Å². The maximum atomic E-state index is 13.2. The molecular formula is C16H14BrF2NO. The van der Waals surface area contributed by atoms with Crippen LogP contribution in [0.1, 0.15) is 22.8 Å². The van der Waals surface area contributed by atoms with Gasteiger partial charge in [-0.1, -0.05) is 12.1 Å². The predicted molar refractivity (Wildman–Crippen MR) is 81.1 cm³/mol. The van der Waals surface area contributed by atoms with Crippen LogP contribution in [-0.4, -0.2) is 11.9 Å². The van der Waals surface area contributed by atoms with E-state index in [1.807, 2.05) is 6.92 Å². The molecule has 0 aliphatic rings. The molecule has 0 spiro atoms. The number of amides is 1. The summed E-state index contributed by atoms with van der Waals surface area (Å²) in [6, 6.07) is 9.92. The van der Waals surface area contributed by atoms with E-state index in [0.29, 0.717) is 10.9 Å². The van der Waals surface area contributed by atoms with E-state index in [4.69, 9.17) is 0 Å². The van der Waals surface area contributed by atoms with Crippen LogP contribution in [0.25, 0.3) is 0 Å². The first-order valence-electron chi connectivity index (χ1n) is 6.46. The molecular weight excluding hydrogens is 340 g/mol. The number of hydrogen-bond acceptors (Lipinski definition) is 1. The van der Waals surface area contributed by atoms with E-state index in [-0.39, 0.29) is 23.3 Å². The zero-order valence-electron chi connectivity index (χ0n) is 11.4. The minimum atomic E-state index is -0.463. The molecule has 0 fully saturated rings. The molecule has 1 N–H and O–H groups in total. The lowest BCUT2D eigenvalue weighted by Crippen LogP contribution is -2.34. The van der Waals surface area contributed by atoms with E-state index in [9.17, 15) is 13.6 Å². The minimum Gasteiger partial charge on any atom is -0.349 e. The average molecular weight is 354 g/mol. The van der Waals surface area contributed by atoms with Crippen LogP contribution in [0.4, 0.5) is 8.78 Å². The number of carbonyl (C=O) groups is 1. The highest BCUT2D eigenvalue weighted by atomic mass is 79.9. The minimum absolute atomic E-state index is 0.155. The van der Waals surface area contributed by atoms with Crippen molar-refractivity contribution in [3.63, 3.8) is 0 Å². The summed E-state index contributed by atoms with van der Waals surface area (Å²) in [4.78, 5) is 12.1. The predicted octanol–water partition coefficient (Wildman–Crippen LogP) is 4.09. The van der Waals surface area contributed by atoms with Gasteiger partial charge in [0.15, 0.2) is 0 Å². The normalized spacial score (nSPS) is 12.0. The SMILES string of the molecule is CC(Cc1ccc(F)cc1)NC(=O)c1cc(F)ccc1Br. The molecule has 110 valence electrons. The molecule has 1 atom stereocenters. The van der Waals surface area contributed by atoms with Gasteiger partial charge in [0.2, 0.25) is 0 Å². The summed E-state index contributed by atoms with van der Waals surface area (Å²) in [6.45, 7) is 1.84. The average Bonchev–Trinajstić information content (AvgIpc) is 2.44. The molecule has 0 saturated heterocycles. The Bertz CT molecular complexity index is 643. The summed E-state index contributed by atoms with van der Waals surface area (Å²) >= 11 is 3.23. The third kappa shape index (κ3) is 4.36.